The Morgan fingerprint density at radius 1 is 0.462 bits per heavy atom. The van der Waals surface area contributed by atoms with Crippen molar-refractivity contribution in [2.24, 2.45) is 0 Å². The van der Waals surface area contributed by atoms with E-state index < -0.39 is 0 Å². The average Bonchev–Trinajstić information content (AvgIpc) is 3.67. The van der Waals surface area contributed by atoms with E-state index in [1.807, 2.05) is 36.5 Å². The molecule has 1 aliphatic carbocycles. The van der Waals surface area contributed by atoms with Crippen LogP contribution in [-0.4, -0.2) is 24.5 Å². The fraction of sp³-hybridized carbons (Fsp3) is 0.0638. The summed E-state index contributed by atoms with van der Waals surface area (Å²) in [4.78, 5) is 20.1. The summed E-state index contributed by atoms with van der Waals surface area (Å²) in [5.74, 6) is 1.95. The van der Waals surface area contributed by atoms with Gasteiger partial charge < -0.3 is 0 Å². The van der Waals surface area contributed by atoms with Gasteiger partial charge in [0.1, 0.15) is 5.65 Å². The first kappa shape index (κ1) is 30.1. The van der Waals surface area contributed by atoms with E-state index in [2.05, 4.69) is 146 Å². The molecule has 0 fully saturated rings. The normalized spacial score (nSPS) is 13.0. The molecule has 0 bridgehead atoms. The second-order valence-electron chi connectivity index (χ2n) is 13.9. The zero-order valence-corrected chi connectivity index (χ0v) is 28.8. The Labute approximate surface area is 302 Å². The highest BCUT2D eigenvalue weighted by atomic mass is 15.1. The van der Waals surface area contributed by atoms with Crippen LogP contribution in [-0.2, 0) is 5.41 Å². The quantitative estimate of drug-likeness (QED) is 0.183. The number of fused-ring (bicyclic) bond motifs is 6. The predicted octanol–water partition coefficient (Wildman–Crippen LogP) is 11.3. The van der Waals surface area contributed by atoms with E-state index in [9.17, 15) is 0 Å². The Kier molecular flexibility index (Phi) is 6.77. The third-order valence-electron chi connectivity index (χ3n) is 10.5. The SMILES string of the molecule is CC1(C)c2cc(-c3nc(-c4ccccc4)nc(-c4ccc(-c5ccccc5)cc4)n3)ccc2-c2cccc(-n3c4ccccc4c4cccnc43)c21. The lowest BCUT2D eigenvalue weighted by molar-refractivity contribution is 0.656. The highest BCUT2D eigenvalue weighted by Crippen LogP contribution is 2.52. The molecule has 0 amide bonds. The fourth-order valence-electron chi connectivity index (χ4n) is 8.01. The highest BCUT2D eigenvalue weighted by molar-refractivity contribution is 6.08. The smallest absolute Gasteiger partial charge is 0.164 e. The van der Waals surface area contributed by atoms with Crippen molar-refractivity contribution >= 4 is 21.9 Å². The molecule has 9 aromatic rings. The molecule has 0 atom stereocenters. The molecule has 0 unspecified atom stereocenters. The van der Waals surface area contributed by atoms with Gasteiger partial charge in [-0.15, -0.1) is 0 Å². The predicted molar refractivity (Wildman–Crippen MR) is 211 cm³/mol. The largest absolute Gasteiger partial charge is 0.294 e. The van der Waals surface area contributed by atoms with Gasteiger partial charge in [-0.3, -0.25) is 4.57 Å². The maximum atomic E-state index is 5.12. The van der Waals surface area contributed by atoms with Crippen LogP contribution in [0.4, 0.5) is 0 Å². The van der Waals surface area contributed by atoms with Crippen LogP contribution >= 0.6 is 0 Å². The monoisotopic (exact) mass is 667 g/mol. The van der Waals surface area contributed by atoms with E-state index in [1.165, 1.54) is 33.2 Å². The molecule has 0 saturated heterocycles. The lowest BCUT2D eigenvalue weighted by Gasteiger charge is -2.25. The highest BCUT2D eigenvalue weighted by Gasteiger charge is 2.38. The van der Waals surface area contributed by atoms with Crippen molar-refractivity contribution in [1.29, 1.82) is 0 Å². The standard InChI is InChI=1S/C47H33N5/c1-47(2)39-29-34(26-27-35(39)37-18-11-21-41(42(37)47)52-40-20-10-9-17-36(40)38-19-12-28-48-46(38)52)45-50-43(32-15-7-4-8-16-32)49-44(51-45)33-24-22-31(23-25-33)30-13-5-3-6-14-30/h3-29H,1-2H3. The Bertz CT molecular complexity index is 2750. The molecule has 10 rings (SSSR count). The summed E-state index contributed by atoms with van der Waals surface area (Å²) in [6, 6.07) is 55.2. The third kappa shape index (κ3) is 4.70. The lowest BCUT2D eigenvalue weighted by Crippen LogP contribution is -2.18. The molecule has 3 heterocycles. The molecule has 5 heteroatoms. The Morgan fingerprint density at radius 3 is 1.79 bits per heavy atom. The summed E-state index contributed by atoms with van der Waals surface area (Å²) in [5, 5.41) is 2.36. The number of para-hydroxylation sites is 1. The molecule has 52 heavy (non-hydrogen) atoms. The summed E-state index contributed by atoms with van der Waals surface area (Å²) in [6.07, 6.45) is 1.89. The number of aromatic nitrogens is 5. The van der Waals surface area contributed by atoms with Gasteiger partial charge in [-0.25, -0.2) is 19.9 Å². The first-order valence-electron chi connectivity index (χ1n) is 17.7. The van der Waals surface area contributed by atoms with E-state index in [0.717, 1.165) is 44.5 Å². The second kappa shape index (κ2) is 11.7. The van der Waals surface area contributed by atoms with Gasteiger partial charge in [0.15, 0.2) is 17.5 Å². The zero-order valence-electron chi connectivity index (χ0n) is 28.8. The molecule has 0 aliphatic heterocycles. The summed E-state index contributed by atoms with van der Waals surface area (Å²) in [5.41, 5.74) is 13.1. The Balaban J connectivity index is 1.11. The molecule has 1 aliphatic rings. The molecule has 6 aromatic carbocycles. The molecule has 0 radical (unpaired) electrons. The number of hydrogen-bond acceptors (Lipinski definition) is 4. The average molecular weight is 668 g/mol. The molecular formula is C47H33N5. The molecule has 246 valence electrons. The van der Waals surface area contributed by atoms with Crippen molar-refractivity contribution < 1.29 is 0 Å². The Hall–Kier alpha value is -6.72. The summed E-state index contributed by atoms with van der Waals surface area (Å²) in [6.45, 7) is 4.66. The van der Waals surface area contributed by atoms with E-state index >= 15 is 0 Å². The fourth-order valence-corrected chi connectivity index (χ4v) is 8.01. The molecular weight excluding hydrogens is 635 g/mol. The number of hydrogen-bond donors (Lipinski definition) is 0. The van der Waals surface area contributed by atoms with E-state index in [-0.39, 0.29) is 5.41 Å². The van der Waals surface area contributed by atoms with Gasteiger partial charge in [-0.2, -0.15) is 0 Å². The van der Waals surface area contributed by atoms with Crippen molar-refractivity contribution in [3.8, 4) is 62.1 Å². The molecule has 0 N–H and O–H groups in total. The van der Waals surface area contributed by atoms with Gasteiger partial charge in [0, 0.05) is 39.1 Å². The minimum absolute atomic E-state index is 0.310. The minimum atomic E-state index is -0.310. The van der Waals surface area contributed by atoms with Crippen LogP contribution in [0, 0.1) is 0 Å². The second-order valence-corrected chi connectivity index (χ2v) is 13.9. The summed E-state index contributed by atoms with van der Waals surface area (Å²) < 4.78 is 2.34. The number of nitrogens with zero attached hydrogens (tertiary/aromatic N) is 5. The summed E-state index contributed by atoms with van der Waals surface area (Å²) in [7, 11) is 0. The van der Waals surface area contributed by atoms with Crippen molar-refractivity contribution in [2.75, 3.05) is 0 Å². The molecule has 0 saturated carbocycles. The lowest BCUT2D eigenvalue weighted by atomic mass is 9.81. The van der Waals surface area contributed by atoms with Gasteiger partial charge in [-0.1, -0.05) is 141 Å². The molecule has 3 aromatic heterocycles. The van der Waals surface area contributed by atoms with E-state index in [0.29, 0.717) is 17.5 Å². The van der Waals surface area contributed by atoms with Crippen molar-refractivity contribution in [3.63, 3.8) is 0 Å². The zero-order chi connectivity index (χ0) is 34.8. The first-order valence-corrected chi connectivity index (χ1v) is 17.7. The van der Waals surface area contributed by atoms with Crippen LogP contribution in [0.1, 0.15) is 25.0 Å². The van der Waals surface area contributed by atoms with Gasteiger partial charge in [0.2, 0.25) is 0 Å². The van der Waals surface area contributed by atoms with E-state index in [1.54, 1.807) is 0 Å². The number of rotatable bonds is 5. The van der Waals surface area contributed by atoms with Gasteiger partial charge in [0.25, 0.3) is 0 Å². The summed E-state index contributed by atoms with van der Waals surface area (Å²) >= 11 is 0. The van der Waals surface area contributed by atoms with Crippen LogP contribution in [0.5, 0.6) is 0 Å². The maximum absolute atomic E-state index is 5.12. The first-order chi connectivity index (χ1) is 25.5. The van der Waals surface area contributed by atoms with Crippen LogP contribution in [0.2, 0.25) is 0 Å². The number of benzene rings is 6. The van der Waals surface area contributed by atoms with Crippen molar-refractivity contribution in [1.82, 2.24) is 24.5 Å². The van der Waals surface area contributed by atoms with Crippen molar-refractivity contribution in [2.45, 2.75) is 19.3 Å². The topological polar surface area (TPSA) is 56.5 Å². The molecule has 0 spiro atoms. The molecule has 5 nitrogen and oxygen atoms in total. The Morgan fingerprint density at radius 2 is 1.04 bits per heavy atom. The van der Waals surface area contributed by atoms with Crippen LogP contribution in [0.25, 0.3) is 84.0 Å². The minimum Gasteiger partial charge on any atom is -0.294 e. The van der Waals surface area contributed by atoms with Crippen LogP contribution in [0.15, 0.2) is 164 Å². The van der Waals surface area contributed by atoms with Crippen LogP contribution in [0.3, 0.4) is 0 Å². The van der Waals surface area contributed by atoms with Gasteiger partial charge >= 0.3 is 0 Å². The maximum Gasteiger partial charge on any atom is 0.164 e. The third-order valence-corrected chi connectivity index (χ3v) is 10.5. The van der Waals surface area contributed by atoms with Gasteiger partial charge in [0.05, 0.1) is 11.2 Å². The van der Waals surface area contributed by atoms with E-state index in [4.69, 9.17) is 19.9 Å². The van der Waals surface area contributed by atoms with Crippen molar-refractivity contribution in [3.05, 3.63) is 175 Å². The number of pyridine rings is 1. The van der Waals surface area contributed by atoms with Crippen LogP contribution < -0.4 is 0 Å². The van der Waals surface area contributed by atoms with Gasteiger partial charge in [-0.05, 0) is 63.7 Å².